The molecule has 3 heteroatoms. The zero-order valence-electron chi connectivity index (χ0n) is 10.6. The summed E-state index contributed by atoms with van der Waals surface area (Å²) in [5.41, 5.74) is 1.64. The highest BCUT2D eigenvalue weighted by atomic mass is 32.1. The van der Waals surface area contributed by atoms with Gasteiger partial charge in [0.1, 0.15) is 5.75 Å². The van der Waals surface area contributed by atoms with E-state index in [9.17, 15) is 0 Å². The first-order valence-corrected chi connectivity index (χ1v) is 6.75. The summed E-state index contributed by atoms with van der Waals surface area (Å²) in [6, 6.07) is 0. The number of hydrogen-bond donors (Lipinski definition) is 1. The predicted molar refractivity (Wildman–Crippen MR) is 69.8 cm³/mol. The van der Waals surface area contributed by atoms with Gasteiger partial charge in [0, 0.05) is 10.4 Å². The van der Waals surface area contributed by atoms with Crippen LogP contribution in [0.25, 0.3) is 0 Å². The molecule has 0 unspecified atom stereocenters. The van der Waals surface area contributed by atoms with Crippen molar-refractivity contribution in [3.63, 3.8) is 0 Å². The van der Waals surface area contributed by atoms with E-state index in [1.807, 2.05) is 11.3 Å². The molecule has 16 heavy (non-hydrogen) atoms. The zero-order valence-corrected chi connectivity index (χ0v) is 11.5. The van der Waals surface area contributed by atoms with Crippen LogP contribution in [0.4, 0.5) is 0 Å². The lowest BCUT2D eigenvalue weighted by Gasteiger charge is -2.18. The number of ether oxygens (including phenoxy) is 1. The minimum absolute atomic E-state index is 0.190. The lowest BCUT2D eigenvalue weighted by Crippen LogP contribution is -2.17. The van der Waals surface area contributed by atoms with E-state index in [4.69, 9.17) is 4.74 Å². The summed E-state index contributed by atoms with van der Waals surface area (Å²) in [5, 5.41) is 3.44. The molecule has 0 saturated heterocycles. The molecule has 0 bridgehead atoms. The minimum atomic E-state index is 0.190. The van der Waals surface area contributed by atoms with Crippen molar-refractivity contribution in [3.8, 4) is 5.75 Å². The van der Waals surface area contributed by atoms with Crippen molar-refractivity contribution < 1.29 is 4.74 Å². The maximum atomic E-state index is 5.65. The van der Waals surface area contributed by atoms with Crippen molar-refractivity contribution in [3.05, 3.63) is 15.3 Å². The van der Waals surface area contributed by atoms with Gasteiger partial charge < -0.3 is 10.1 Å². The van der Waals surface area contributed by atoms with Crippen LogP contribution in [-0.2, 0) is 18.3 Å². The van der Waals surface area contributed by atoms with E-state index in [1.54, 1.807) is 7.11 Å². The molecule has 2 heterocycles. The SMILES string of the molecule is COc1c(C(C)(C)C)sc2c1CCNCC2. The molecule has 0 saturated carbocycles. The lowest BCUT2D eigenvalue weighted by atomic mass is 9.92. The topological polar surface area (TPSA) is 21.3 Å². The first kappa shape index (κ1) is 11.9. The third-order valence-corrected chi connectivity index (χ3v) is 4.71. The van der Waals surface area contributed by atoms with Crippen LogP contribution in [0.5, 0.6) is 5.75 Å². The molecule has 0 radical (unpaired) electrons. The van der Waals surface area contributed by atoms with Crippen LogP contribution < -0.4 is 10.1 Å². The van der Waals surface area contributed by atoms with E-state index in [2.05, 4.69) is 26.1 Å². The summed E-state index contributed by atoms with van der Waals surface area (Å²) >= 11 is 1.94. The van der Waals surface area contributed by atoms with Crippen molar-refractivity contribution in [2.24, 2.45) is 0 Å². The minimum Gasteiger partial charge on any atom is -0.495 e. The maximum Gasteiger partial charge on any atom is 0.136 e. The van der Waals surface area contributed by atoms with E-state index < -0.39 is 0 Å². The molecule has 1 aliphatic heterocycles. The van der Waals surface area contributed by atoms with Crippen molar-refractivity contribution in [2.75, 3.05) is 20.2 Å². The number of methoxy groups -OCH3 is 1. The Morgan fingerprint density at radius 3 is 2.50 bits per heavy atom. The van der Waals surface area contributed by atoms with E-state index >= 15 is 0 Å². The monoisotopic (exact) mass is 239 g/mol. The number of thiophene rings is 1. The summed E-state index contributed by atoms with van der Waals surface area (Å²) in [4.78, 5) is 2.92. The highest BCUT2D eigenvalue weighted by Crippen LogP contribution is 2.43. The first-order valence-electron chi connectivity index (χ1n) is 5.93. The van der Waals surface area contributed by atoms with Crippen LogP contribution in [0.15, 0.2) is 0 Å². The maximum absolute atomic E-state index is 5.65. The van der Waals surface area contributed by atoms with E-state index in [-0.39, 0.29) is 5.41 Å². The molecule has 1 aliphatic rings. The van der Waals surface area contributed by atoms with Gasteiger partial charge >= 0.3 is 0 Å². The van der Waals surface area contributed by atoms with Gasteiger partial charge in [-0.15, -0.1) is 11.3 Å². The molecule has 0 atom stereocenters. The molecule has 1 N–H and O–H groups in total. The lowest BCUT2D eigenvalue weighted by molar-refractivity contribution is 0.397. The van der Waals surface area contributed by atoms with Crippen LogP contribution >= 0.6 is 11.3 Å². The van der Waals surface area contributed by atoms with Gasteiger partial charge in [-0.05, 0) is 31.3 Å². The molecule has 0 fully saturated rings. The Kier molecular flexibility index (Phi) is 3.27. The van der Waals surface area contributed by atoms with Crippen LogP contribution in [0.3, 0.4) is 0 Å². The Hall–Kier alpha value is -0.540. The summed E-state index contributed by atoms with van der Waals surface area (Å²) in [5.74, 6) is 1.15. The van der Waals surface area contributed by atoms with Gasteiger partial charge in [-0.25, -0.2) is 0 Å². The Morgan fingerprint density at radius 1 is 1.19 bits per heavy atom. The number of nitrogens with one attached hydrogen (secondary N) is 1. The van der Waals surface area contributed by atoms with Crippen molar-refractivity contribution >= 4 is 11.3 Å². The Balaban J connectivity index is 2.48. The average molecular weight is 239 g/mol. The fraction of sp³-hybridized carbons (Fsp3) is 0.692. The molecular formula is C13H21NOS. The standard InChI is InChI=1S/C13H21NOS/c1-13(2,3)12-11(15-4)9-5-7-14-8-6-10(9)16-12/h14H,5-8H2,1-4H3. The van der Waals surface area contributed by atoms with Crippen LogP contribution in [0.1, 0.15) is 36.1 Å². The molecule has 1 aromatic rings. The Morgan fingerprint density at radius 2 is 1.88 bits per heavy atom. The van der Waals surface area contributed by atoms with Crippen molar-refractivity contribution in [2.45, 2.75) is 39.0 Å². The fourth-order valence-electron chi connectivity index (χ4n) is 2.20. The third kappa shape index (κ3) is 2.11. The third-order valence-electron chi connectivity index (χ3n) is 3.01. The molecule has 0 amide bonds. The van der Waals surface area contributed by atoms with Crippen LogP contribution in [0, 0.1) is 0 Å². The van der Waals surface area contributed by atoms with Crippen LogP contribution in [-0.4, -0.2) is 20.2 Å². The largest absolute Gasteiger partial charge is 0.495 e. The fourth-order valence-corrected chi connectivity index (χ4v) is 3.57. The van der Waals surface area contributed by atoms with Gasteiger partial charge in [0.05, 0.1) is 12.0 Å². The van der Waals surface area contributed by atoms with Gasteiger partial charge in [0.15, 0.2) is 0 Å². The quantitative estimate of drug-likeness (QED) is 0.813. The summed E-state index contributed by atoms with van der Waals surface area (Å²) in [6.45, 7) is 8.96. The zero-order chi connectivity index (χ0) is 11.8. The first-order chi connectivity index (χ1) is 7.54. The highest BCUT2D eigenvalue weighted by molar-refractivity contribution is 7.12. The Labute approximate surface area is 102 Å². The van der Waals surface area contributed by atoms with E-state index in [1.165, 1.54) is 15.3 Å². The summed E-state index contributed by atoms with van der Waals surface area (Å²) in [6.07, 6.45) is 2.25. The number of rotatable bonds is 1. The molecule has 2 rings (SSSR count). The number of fused-ring (bicyclic) bond motifs is 1. The summed E-state index contributed by atoms with van der Waals surface area (Å²) in [7, 11) is 1.80. The van der Waals surface area contributed by atoms with Gasteiger partial charge in [-0.1, -0.05) is 20.8 Å². The molecule has 2 nitrogen and oxygen atoms in total. The molecular weight excluding hydrogens is 218 g/mol. The van der Waals surface area contributed by atoms with Gasteiger partial charge in [0.2, 0.25) is 0 Å². The van der Waals surface area contributed by atoms with E-state index in [0.717, 1.165) is 31.7 Å². The van der Waals surface area contributed by atoms with Gasteiger partial charge in [-0.3, -0.25) is 0 Å². The second-order valence-electron chi connectivity index (χ2n) is 5.37. The summed E-state index contributed by atoms with van der Waals surface area (Å²) < 4.78 is 5.65. The smallest absolute Gasteiger partial charge is 0.136 e. The van der Waals surface area contributed by atoms with E-state index in [0.29, 0.717) is 0 Å². The second-order valence-corrected chi connectivity index (χ2v) is 6.47. The van der Waals surface area contributed by atoms with Gasteiger partial charge in [-0.2, -0.15) is 0 Å². The molecule has 90 valence electrons. The predicted octanol–water partition coefficient (Wildman–Crippen LogP) is 2.74. The van der Waals surface area contributed by atoms with Crippen LogP contribution in [0.2, 0.25) is 0 Å². The van der Waals surface area contributed by atoms with Crippen molar-refractivity contribution in [1.82, 2.24) is 5.32 Å². The molecule has 0 spiro atoms. The normalized spacial score (nSPS) is 16.8. The highest BCUT2D eigenvalue weighted by Gasteiger charge is 2.27. The second kappa shape index (κ2) is 4.38. The van der Waals surface area contributed by atoms with Crippen molar-refractivity contribution in [1.29, 1.82) is 0 Å². The molecule has 0 aliphatic carbocycles. The number of hydrogen-bond acceptors (Lipinski definition) is 3. The van der Waals surface area contributed by atoms with Gasteiger partial charge in [0.25, 0.3) is 0 Å². The Bertz CT molecular complexity index is 376. The molecule has 1 aromatic heterocycles. The molecule has 0 aromatic carbocycles. The average Bonchev–Trinajstić information content (AvgIpc) is 2.40.